The van der Waals surface area contributed by atoms with Crippen LogP contribution >= 0.6 is 0 Å². The predicted molar refractivity (Wildman–Crippen MR) is 83.9 cm³/mol. The molecule has 0 bridgehead atoms. The Balaban J connectivity index is 1.99. The van der Waals surface area contributed by atoms with Crippen LogP contribution in [0.5, 0.6) is 0 Å². The molecule has 0 saturated carbocycles. The van der Waals surface area contributed by atoms with Crippen LogP contribution in [0.15, 0.2) is 28.0 Å². The number of pyridine rings is 1. The van der Waals surface area contributed by atoms with Crippen LogP contribution in [0.2, 0.25) is 0 Å². The van der Waals surface area contributed by atoms with Crippen molar-refractivity contribution in [2.75, 3.05) is 26.3 Å². The molecule has 0 aromatic carbocycles. The van der Waals surface area contributed by atoms with Crippen molar-refractivity contribution in [3.8, 4) is 0 Å². The van der Waals surface area contributed by atoms with Crippen molar-refractivity contribution in [2.45, 2.75) is 31.2 Å². The van der Waals surface area contributed by atoms with Gasteiger partial charge in [0.2, 0.25) is 10.0 Å². The van der Waals surface area contributed by atoms with E-state index in [0.717, 1.165) is 12.8 Å². The molecule has 0 amide bonds. The number of aromatic nitrogens is 3. The van der Waals surface area contributed by atoms with Gasteiger partial charge in [0, 0.05) is 25.8 Å². The first-order chi connectivity index (χ1) is 11.0. The summed E-state index contributed by atoms with van der Waals surface area (Å²) in [6, 6.07) is 3.06. The number of aryl methyl sites for hydroxylation is 1. The van der Waals surface area contributed by atoms with E-state index in [9.17, 15) is 13.2 Å². The molecule has 9 heteroatoms. The van der Waals surface area contributed by atoms with Crippen LogP contribution in [0.1, 0.15) is 19.8 Å². The molecule has 2 aromatic rings. The van der Waals surface area contributed by atoms with Crippen LogP contribution in [0.3, 0.4) is 0 Å². The summed E-state index contributed by atoms with van der Waals surface area (Å²) in [7, 11) is -3.62. The van der Waals surface area contributed by atoms with Gasteiger partial charge in [-0.1, -0.05) is 13.3 Å². The van der Waals surface area contributed by atoms with Gasteiger partial charge in [0.05, 0.1) is 18.1 Å². The molecule has 23 heavy (non-hydrogen) atoms. The quantitative estimate of drug-likeness (QED) is 0.782. The molecule has 3 rings (SSSR count). The molecule has 0 atom stereocenters. The molecule has 0 N–H and O–H groups in total. The molecule has 1 saturated heterocycles. The molecule has 1 aliphatic rings. The third-order valence-electron chi connectivity index (χ3n) is 3.88. The Morgan fingerprint density at radius 3 is 2.70 bits per heavy atom. The third-order valence-corrected chi connectivity index (χ3v) is 5.76. The number of sulfonamides is 1. The van der Waals surface area contributed by atoms with Gasteiger partial charge in [0.15, 0.2) is 5.65 Å². The molecule has 2 aromatic heterocycles. The largest absolute Gasteiger partial charge is 0.379 e. The Morgan fingerprint density at radius 2 is 2.00 bits per heavy atom. The van der Waals surface area contributed by atoms with Gasteiger partial charge in [-0.25, -0.2) is 22.3 Å². The standard InChI is InChI=1S/C14H20N4O4S/c1-2-3-6-18-14(19)17-11-12(4-5-13(17)15-18)23(20,21)16-7-9-22-10-8-16/h4-5,11H,2-3,6-10H2,1H3. The topological polar surface area (TPSA) is 85.9 Å². The molecular formula is C14H20N4O4S. The van der Waals surface area contributed by atoms with E-state index >= 15 is 0 Å². The van der Waals surface area contributed by atoms with Gasteiger partial charge in [0.1, 0.15) is 0 Å². The molecule has 1 aliphatic heterocycles. The van der Waals surface area contributed by atoms with Crippen molar-refractivity contribution in [1.29, 1.82) is 0 Å². The van der Waals surface area contributed by atoms with Gasteiger partial charge in [0.25, 0.3) is 0 Å². The van der Waals surface area contributed by atoms with Crippen molar-refractivity contribution in [1.82, 2.24) is 18.5 Å². The Hall–Kier alpha value is -1.71. The molecule has 1 fully saturated rings. The van der Waals surface area contributed by atoms with E-state index in [1.165, 1.54) is 25.7 Å². The fourth-order valence-electron chi connectivity index (χ4n) is 2.54. The lowest BCUT2D eigenvalue weighted by Gasteiger charge is -2.25. The summed E-state index contributed by atoms with van der Waals surface area (Å²) in [5, 5.41) is 4.22. The minimum Gasteiger partial charge on any atom is -0.379 e. The smallest absolute Gasteiger partial charge is 0.350 e. The number of unbranched alkanes of at least 4 members (excludes halogenated alkanes) is 1. The average Bonchev–Trinajstić information content (AvgIpc) is 2.89. The first-order valence-corrected chi connectivity index (χ1v) is 9.15. The third kappa shape index (κ3) is 3.04. The Bertz CT molecular complexity index is 849. The summed E-state index contributed by atoms with van der Waals surface area (Å²) in [5.41, 5.74) is 0.138. The van der Waals surface area contributed by atoms with E-state index in [2.05, 4.69) is 5.10 Å². The van der Waals surface area contributed by atoms with Crippen molar-refractivity contribution in [3.05, 3.63) is 28.8 Å². The second-order valence-electron chi connectivity index (χ2n) is 5.47. The molecule has 126 valence electrons. The van der Waals surface area contributed by atoms with Crippen LogP contribution < -0.4 is 5.69 Å². The van der Waals surface area contributed by atoms with Gasteiger partial charge in [-0.15, -0.1) is 5.10 Å². The number of morpholine rings is 1. The van der Waals surface area contributed by atoms with Crippen LogP contribution in [0, 0.1) is 0 Å². The van der Waals surface area contributed by atoms with Gasteiger partial charge >= 0.3 is 5.69 Å². The second kappa shape index (κ2) is 6.42. The number of fused-ring (bicyclic) bond motifs is 1. The summed E-state index contributed by atoms with van der Waals surface area (Å²) in [6.07, 6.45) is 3.16. The monoisotopic (exact) mass is 340 g/mol. The Morgan fingerprint density at radius 1 is 1.26 bits per heavy atom. The van der Waals surface area contributed by atoms with E-state index in [1.54, 1.807) is 6.07 Å². The number of rotatable bonds is 5. The van der Waals surface area contributed by atoms with Gasteiger partial charge in [-0.05, 0) is 18.6 Å². The van der Waals surface area contributed by atoms with Crippen LogP contribution in [-0.2, 0) is 21.3 Å². The highest BCUT2D eigenvalue weighted by Crippen LogP contribution is 2.17. The van der Waals surface area contributed by atoms with E-state index in [1.807, 2.05) is 6.92 Å². The summed E-state index contributed by atoms with van der Waals surface area (Å²) in [6.45, 7) is 3.99. The molecule has 3 heterocycles. The molecule has 0 unspecified atom stereocenters. The summed E-state index contributed by atoms with van der Waals surface area (Å²) in [5.74, 6) is 0. The lowest BCUT2D eigenvalue weighted by molar-refractivity contribution is 0.0730. The van der Waals surface area contributed by atoms with Crippen LogP contribution in [0.25, 0.3) is 5.65 Å². The van der Waals surface area contributed by atoms with Gasteiger partial charge in [-0.2, -0.15) is 4.31 Å². The molecule has 8 nitrogen and oxygen atoms in total. The maximum absolute atomic E-state index is 12.6. The minimum absolute atomic E-state index is 0.101. The first kappa shape index (κ1) is 16.2. The van der Waals surface area contributed by atoms with Crippen molar-refractivity contribution < 1.29 is 13.2 Å². The average molecular weight is 340 g/mol. The Kier molecular flexibility index (Phi) is 4.51. The zero-order valence-electron chi connectivity index (χ0n) is 13.0. The highest BCUT2D eigenvalue weighted by atomic mass is 32.2. The summed E-state index contributed by atoms with van der Waals surface area (Å²) < 4.78 is 34.5. The summed E-state index contributed by atoms with van der Waals surface area (Å²) >= 11 is 0. The SMILES string of the molecule is CCCCn1nc2ccc(S(=O)(=O)N3CCOCC3)cn2c1=O. The highest BCUT2D eigenvalue weighted by molar-refractivity contribution is 7.89. The van der Waals surface area contributed by atoms with Crippen molar-refractivity contribution >= 4 is 15.7 Å². The normalized spacial score (nSPS) is 16.9. The minimum atomic E-state index is -3.62. The highest BCUT2D eigenvalue weighted by Gasteiger charge is 2.27. The predicted octanol–water partition coefficient (Wildman–Crippen LogP) is 0.317. The maximum Gasteiger partial charge on any atom is 0.350 e. The Labute approximate surface area is 134 Å². The zero-order valence-corrected chi connectivity index (χ0v) is 13.8. The summed E-state index contributed by atoms with van der Waals surface area (Å²) in [4.78, 5) is 12.4. The molecule has 0 spiro atoms. The number of hydrogen-bond donors (Lipinski definition) is 0. The van der Waals surface area contributed by atoms with Crippen molar-refractivity contribution in [2.24, 2.45) is 0 Å². The fraction of sp³-hybridized carbons (Fsp3) is 0.571. The first-order valence-electron chi connectivity index (χ1n) is 7.71. The number of hydrogen-bond acceptors (Lipinski definition) is 5. The fourth-order valence-corrected chi connectivity index (χ4v) is 3.95. The van der Waals surface area contributed by atoms with Crippen LogP contribution in [0.4, 0.5) is 0 Å². The van der Waals surface area contributed by atoms with E-state index < -0.39 is 10.0 Å². The maximum atomic E-state index is 12.6. The second-order valence-corrected chi connectivity index (χ2v) is 7.41. The molecular weight excluding hydrogens is 320 g/mol. The van der Waals surface area contributed by atoms with E-state index in [-0.39, 0.29) is 10.6 Å². The van der Waals surface area contributed by atoms with Gasteiger partial charge < -0.3 is 4.74 Å². The zero-order chi connectivity index (χ0) is 16.4. The van der Waals surface area contributed by atoms with Gasteiger partial charge in [-0.3, -0.25) is 0 Å². The lowest BCUT2D eigenvalue weighted by Crippen LogP contribution is -2.40. The van der Waals surface area contributed by atoms with Crippen LogP contribution in [-0.4, -0.2) is 53.2 Å². The number of ether oxygens (including phenoxy) is 1. The molecule has 0 radical (unpaired) electrons. The lowest BCUT2D eigenvalue weighted by atomic mass is 10.3. The molecule has 0 aliphatic carbocycles. The van der Waals surface area contributed by atoms with E-state index in [4.69, 9.17) is 4.74 Å². The van der Waals surface area contributed by atoms with E-state index in [0.29, 0.717) is 38.5 Å². The van der Waals surface area contributed by atoms with Crippen molar-refractivity contribution in [3.63, 3.8) is 0 Å². The number of nitrogens with zero attached hydrogens (tertiary/aromatic N) is 4.